The van der Waals surface area contributed by atoms with E-state index in [1.807, 2.05) is 27.7 Å². The summed E-state index contributed by atoms with van der Waals surface area (Å²) in [6, 6.07) is 10.5. The second-order valence-electron chi connectivity index (χ2n) is 6.86. The molecule has 2 aromatic rings. The van der Waals surface area contributed by atoms with Gasteiger partial charge in [0.25, 0.3) is 11.8 Å². The largest absolute Gasteiger partial charge is 0.484 e. The Morgan fingerprint density at radius 1 is 1.11 bits per heavy atom. The maximum Gasteiger partial charge on any atom is 0.262 e. The Morgan fingerprint density at radius 2 is 1.74 bits per heavy atom. The van der Waals surface area contributed by atoms with Crippen LogP contribution in [0.4, 0.5) is 5.69 Å². The van der Waals surface area contributed by atoms with E-state index in [9.17, 15) is 9.59 Å². The molecule has 0 fully saturated rings. The van der Waals surface area contributed by atoms with E-state index in [4.69, 9.17) is 16.3 Å². The van der Waals surface area contributed by atoms with Crippen molar-refractivity contribution in [2.75, 3.05) is 18.5 Å². The lowest BCUT2D eigenvalue weighted by atomic mass is 10.1. The zero-order valence-electron chi connectivity index (χ0n) is 16.1. The fourth-order valence-electron chi connectivity index (χ4n) is 2.51. The molecule has 2 amide bonds. The van der Waals surface area contributed by atoms with E-state index in [-0.39, 0.29) is 18.4 Å². The van der Waals surface area contributed by atoms with Crippen LogP contribution in [-0.2, 0) is 4.79 Å². The Hall–Kier alpha value is -2.53. The molecule has 0 spiro atoms. The molecule has 0 bridgehead atoms. The second-order valence-corrected chi connectivity index (χ2v) is 7.24. The number of nitrogens with one attached hydrogen (secondary N) is 2. The van der Waals surface area contributed by atoms with E-state index in [0.717, 1.165) is 11.1 Å². The van der Waals surface area contributed by atoms with Gasteiger partial charge in [-0.15, -0.1) is 0 Å². The summed E-state index contributed by atoms with van der Waals surface area (Å²) in [5.74, 6) is 0.358. The number of carbonyl (C=O) groups is 2. The summed E-state index contributed by atoms with van der Waals surface area (Å²) in [7, 11) is 0. The summed E-state index contributed by atoms with van der Waals surface area (Å²) in [5, 5.41) is 6.28. The fourth-order valence-corrected chi connectivity index (χ4v) is 2.62. The predicted molar refractivity (Wildman–Crippen MR) is 109 cm³/mol. The van der Waals surface area contributed by atoms with Crippen molar-refractivity contribution in [1.82, 2.24) is 5.32 Å². The molecule has 0 aliphatic carbocycles. The Morgan fingerprint density at radius 3 is 2.37 bits per heavy atom. The fraction of sp³-hybridized carbons (Fsp3) is 0.333. The van der Waals surface area contributed by atoms with Crippen LogP contribution in [0, 0.1) is 19.8 Å². The molecule has 5 nitrogen and oxygen atoms in total. The molecule has 0 aliphatic rings. The number of carbonyl (C=O) groups excluding carboxylic acids is 2. The number of hydrogen-bond acceptors (Lipinski definition) is 3. The molecular weight excluding hydrogens is 364 g/mol. The van der Waals surface area contributed by atoms with Gasteiger partial charge in [-0.05, 0) is 55.2 Å². The highest BCUT2D eigenvalue weighted by atomic mass is 35.5. The van der Waals surface area contributed by atoms with Gasteiger partial charge in [-0.25, -0.2) is 0 Å². The molecule has 0 aromatic heterocycles. The van der Waals surface area contributed by atoms with Crippen molar-refractivity contribution in [3.63, 3.8) is 0 Å². The van der Waals surface area contributed by atoms with Crippen LogP contribution < -0.4 is 15.4 Å². The van der Waals surface area contributed by atoms with Gasteiger partial charge in [0.1, 0.15) is 5.75 Å². The predicted octanol–water partition coefficient (Wildman–Crippen LogP) is 4.36. The lowest BCUT2D eigenvalue weighted by Crippen LogP contribution is -2.29. The normalized spacial score (nSPS) is 10.6. The van der Waals surface area contributed by atoms with E-state index in [0.29, 0.717) is 34.5 Å². The number of amides is 2. The van der Waals surface area contributed by atoms with Crippen molar-refractivity contribution in [1.29, 1.82) is 0 Å². The van der Waals surface area contributed by atoms with Crippen LogP contribution in [0.3, 0.4) is 0 Å². The third-order valence-electron chi connectivity index (χ3n) is 3.90. The van der Waals surface area contributed by atoms with Crippen LogP contribution in [0.15, 0.2) is 36.4 Å². The highest BCUT2D eigenvalue weighted by Gasteiger charge is 2.14. The Bertz CT molecular complexity index is 811. The zero-order valence-corrected chi connectivity index (χ0v) is 16.8. The minimum atomic E-state index is -0.343. The second kappa shape index (κ2) is 9.42. The standard InChI is InChI=1S/C21H25ClN2O3/c1-13(2)11-23-21(26)17-7-5-6-8-18(17)24-19(25)12-27-16-9-14(3)20(22)15(4)10-16/h5-10,13H,11-12H2,1-4H3,(H,23,26)(H,24,25). The number of halogens is 1. The minimum absolute atomic E-state index is 0.164. The quantitative estimate of drug-likeness (QED) is 0.740. The highest BCUT2D eigenvalue weighted by molar-refractivity contribution is 6.32. The maximum atomic E-state index is 12.3. The molecule has 6 heteroatoms. The minimum Gasteiger partial charge on any atom is -0.484 e. The van der Waals surface area contributed by atoms with Gasteiger partial charge in [-0.1, -0.05) is 37.6 Å². The first-order valence-corrected chi connectivity index (χ1v) is 9.22. The molecule has 0 heterocycles. The first-order chi connectivity index (χ1) is 12.8. The third kappa shape index (κ3) is 6.00. The van der Waals surface area contributed by atoms with Crippen LogP contribution in [-0.4, -0.2) is 25.0 Å². The Balaban J connectivity index is 2.01. The molecule has 0 aliphatic heterocycles. The number of aryl methyl sites for hydroxylation is 2. The number of benzene rings is 2. The van der Waals surface area contributed by atoms with Gasteiger partial charge in [-0.2, -0.15) is 0 Å². The van der Waals surface area contributed by atoms with Gasteiger partial charge in [0.2, 0.25) is 0 Å². The summed E-state index contributed by atoms with van der Waals surface area (Å²) in [4.78, 5) is 24.6. The van der Waals surface area contributed by atoms with Crippen molar-refractivity contribution in [2.24, 2.45) is 5.92 Å². The molecular formula is C21H25ClN2O3. The summed E-state index contributed by atoms with van der Waals surface area (Å²) in [6.45, 7) is 8.21. The molecule has 2 aromatic carbocycles. The number of para-hydroxylation sites is 1. The molecule has 2 rings (SSSR count). The molecule has 2 N–H and O–H groups in total. The number of hydrogen-bond donors (Lipinski definition) is 2. The van der Waals surface area contributed by atoms with Crippen molar-refractivity contribution in [2.45, 2.75) is 27.7 Å². The van der Waals surface area contributed by atoms with Gasteiger partial charge >= 0.3 is 0 Å². The monoisotopic (exact) mass is 388 g/mol. The Kier molecular flexibility index (Phi) is 7.25. The van der Waals surface area contributed by atoms with Crippen molar-refractivity contribution < 1.29 is 14.3 Å². The molecule has 144 valence electrons. The van der Waals surface area contributed by atoms with Crippen molar-refractivity contribution in [3.8, 4) is 5.75 Å². The lowest BCUT2D eigenvalue weighted by Gasteiger charge is -2.13. The van der Waals surface area contributed by atoms with Crippen molar-refractivity contribution >= 4 is 29.1 Å². The van der Waals surface area contributed by atoms with Crippen LogP contribution in [0.25, 0.3) is 0 Å². The smallest absolute Gasteiger partial charge is 0.262 e. The van der Waals surface area contributed by atoms with E-state index in [2.05, 4.69) is 10.6 Å². The van der Waals surface area contributed by atoms with E-state index < -0.39 is 0 Å². The highest BCUT2D eigenvalue weighted by Crippen LogP contribution is 2.25. The number of anilines is 1. The summed E-state index contributed by atoms with van der Waals surface area (Å²) < 4.78 is 5.56. The number of ether oxygens (including phenoxy) is 1. The first-order valence-electron chi connectivity index (χ1n) is 8.84. The first kappa shape index (κ1) is 20.8. The van der Waals surface area contributed by atoms with Gasteiger partial charge in [0.05, 0.1) is 11.3 Å². The van der Waals surface area contributed by atoms with Crippen LogP contribution in [0.5, 0.6) is 5.75 Å². The van der Waals surface area contributed by atoms with Gasteiger partial charge < -0.3 is 15.4 Å². The Labute approximate surface area is 165 Å². The zero-order chi connectivity index (χ0) is 20.0. The van der Waals surface area contributed by atoms with Crippen LogP contribution in [0.2, 0.25) is 5.02 Å². The average molecular weight is 389 g/mol. The molecule has 0 saturated carbocycles. The van der Waals surface area contributed by atoms with Gasteiger partial charge in [0.15, 0.2) is 6.61 Å². The van der Waals surface area contributed by atoms with E-state index >= 15 is 0 Å². The van der Waals surface area contributed by atoms with Crippen LogP contribution in [0.1, 0.15) is 35.3 Å². The summed E-state index contributed by atoms with van der Waals surface area (Å²) in [6.07, 6.45) is 0. The molecule has 0 radical (unpaired) electrons. The third-order valence-corrected chi connectivity index (χ3v) is 4.49. The molecule has 0 unspecified atom stereocenters. The van der Waals surface area contributed by atoms with E-state index in [1.54, 1.807) is 36.4 Å². The SMILES string of the molecule is Cc1cc(OCC(=O)Nc2ccccc2C(=O)NCC(C)C)cc(C)c1Cl. The molecule has 27 heavy (non-hydrogen) atoms. The number of rotatable bonds is 7. The topological polar surface area (TPSA) is 67.4 Å². The van der Waals surface area contributed by atoms with Gasteiger partial charge in [-0.3, -0.25) is 9.59 Å². The summed E-state index contributed by atoms with van der Waals surface area (Å²) in [5.41, 5.74) is 2.65. The lowest BCUT2D eigenvalue weighted by molar-refractivity contribution is -0.118. The van der Waals surface area contributed by atoms with E-state index in [1.165, 1.54) is 0 Å². The van der Waals surface area contributed by atoms with Gasteiger partial charge in [0, 0.05) is 11.6 Å². The average Bonchev–Trinajstić information content (AvgIpc) is 2.62. The van der Waals surface area contributed by atoms with Crippen LogP contribution >= 0.6 is 11.6 Å². The molecule has 0 saturated heterocycles. The maximum absolute atomic E-state index is 12.3. The van der Waals surface area contributed by atoms with Crippen molar-refractivity contribution in [3.05, 3.63) is 58.1 Å². The summed E-state index contributed by atoms with van der Waals surface area (Å²) >= 11 is 6.14. The molecule has 0 atom stereocenters.